The Morgan fingerprint density at radius 3 is 2.67 bits per heavy atom. The second kappa shape index (κ2) is 2.86. The molecule has 3 aliphatic rings. The molecule has 3 aliphatic heterocycles. The summed E-state index contributed by atoms with van der Waals surface area (Å²) in [6, 6.07) is 0. The van der Waals surface area contributed by atoms with Crippen LogP contribution in [0.3, 0.4) is 0 Å². The summed E-state index contributed by atoms with van der Waals surface area (Å²) in [4.78, 5) is 13.7. The van der Waals surface area contributed by atoms with Gasteiger partial charge in [-0.3, -0.25) is 9.69 Å². The van der Waals surface area contributed by atoms with Gasteiger partial charge in [0, 0.05) is 12.5 Å². The topological polar surface area (TPSA) is 52.9 Å². The predicted molar refractivity (Wildman–Crippen MR) is 43.4 cm³/mol. The van der Waals surface area contributed by atoms with Crippen molar-refractivity contribution < 1.29 is 10.0 Å². The van der Waals surface area contributed by atoms with Crippen LogP contribution in [0.25, 0.3) is 0 Å². The summed E-state index contributed by atoms with van der Waals surface area (Å²) in [5.74, 6) is 0.173. The summed E-state index contributed by atoms with van der Waals surface area (Å²) in [7, 11) is 0. The SMILES string of the molecule is O=C1/C(=N\O)CN2CCC1CC2. The molecule has 2 bridgehead atoms. The van der Waals surface area contributed by atoms with Gasteiger partial charge in [0.15, 0.2) is 5.78 Å². The zero-order valence-corrected chi connectivity index (χ0v) is 6.86. The smallest absolute Gasteiger partial charge is 0.184 e. The summed E-state index contributed by atoms with van der Waals surface area (Å²) in [5.41, 5.74) is 0.343. The van der Waals surface area contributed by atoms with Gasteiger partial charge in [0.25, 0.3) is 0 Å². The fraction of sp³-hybridized carbons (Fsp3) is 0.750. The molecule has 0 atom stereocenters. The summed E-state index contributed by atoms with van der Waals surface area (Å²) >= 11 is 0. The van der Waals surface area contributed by atoms with Crippen LogP contribution in [-0.2, 0) is 4.79 Å². The molecule has 3 rings (SSSR count). The largest absolute Gasteiger partial charge is 0.411 e. The van der Waals surface area contributed by atoms with Crippen molar-refractivity contribution in [2.24, 2.45) is 11.1 Å². The van der Waals surface area contributed by atoms with Gasteiger partial charge in [-0.15, -0.1) is 0 Å². The average molecular weight is 168 g/mol. The number of oxime groups is 1. The highest BCUT2D eigenvalue weighted by Crippen LogP contribution is 2.22. The third-order valence-electron chi connectivity index (χ3n) is 2.74. The van der Waals surface area contributed by atoms with E-state index in [1.54, 1.807) is 0 Å². The molecule has 66 valence electrons. The number of hydrogen-bond acceptors (Lipinski definition) is 4. The summed E-state index contributed by atoms with van der Waals surface area (Å²) in [6.07, 6.45) is 1.86. The molecule has 3 heterocycles. The van der Waals surface area contributed by atoms with Crippen molar-refractivity contribution in [2.75, 3.05) is 19.6 Å². The monoisotopic (exact) mass is 168 g/mol. The van der Waals surface area contributed by atoms with Crippen LogP contribution < -0.4 is 0 Å². The fourth-order valence-electron chi connectivity index (χ4n) is 1.96. The van der Waals surface area contributed by atoms with E-state index < -0.39 is 0 Å². The Morgan fingerprint density at radius 1 is 1.42 bits per heavy atom. The third kappa shape index (κ3) is 1.12. The van der Waals surface area contributed by atoms with Crippen LogP contribution in [0, 0.1) is 5.92 Å². The van der Waals surface area contributed by atoms with Gasteiger partial charge in [-0.25, -0.2) is 0 Å². The molecule has 0 aliphatic carbocycles. The molecule has 1 N–H and O–H groups in total. The number of fused-ring (bicyclic) bond motifs is 4. The van der Waals surface area contributed by atoms with Gasteiger partial charge in [-0.1, -0.05) is 5.16 Å². The molecule has 0 amide bonds. The summed E-state index contributed by atoms with van der Waals surface area (Å²) in [6.45, 7) is 2.47. The molecule has 0 saturated carbocycles. The minimum atomic E-state index is 0.0532. The Morgan fingerprint density at radius 2 is 2.08 bits per heavy atom. The standard InChI is InChI=1S/C8H12N2O2/c11-8-6-1-3-10(4-2-6)5-7(8)9-12/h6,12H,1-5H2/b9-7-. The highest BCUT2D eigenvalue weighted by Gasteiger charge is 2.33. The lowest BCUT2D eigenvalue weighted by atomic mass is 9.94. The highest BCUT2D eigenvalue weighted by atomic mass is 16.4. The first kappa shape index (κ1) is 7.73. The van der Waals surface area contributed by atoms with E-state index in [1.165, 1.54) is 0 Å². The predicted octanol–water partition coefficient (Wildman–Crippen LogP) is 0.111. The van der Waals surface area contributed by atoms with Gasteiger partial charge in [0.2, 0.25) is 0 Å². The Labute approximate surface area is 70.8 Å². The summed E-state index contributed by atoms with van der Waals surface area (Å²) in [5, 5.41) is 11.6. The molecule has 0 aromatic heterocycles. The van der Waals surface area contributed by atoms with Gasteiger partial charge >= 0.3 is 0 Å². The number of ketones is 1. The van der Waals surface area contributed by atoms with Crippen LogP contribution >= 0.6 is 0 Å². The summed E-state index contributed by atoms with van der Waals surface area (Å²) < 4.78 is 0. The number of nitrogens with zero attached hydrogens (tertiary/aromatic N) is 2. The number of piperidine rings is 1. The highest BCUT2D eigenvalue weighted by molar-refractivity contribution is 6.41. The number of rotatable bonds is 0. The van der Waals surface area contributed by atoms with Crippen molar-refractivity contribution in [3.8, 4) is 0 Å². The molecule has 0 aromatic carbocycles. The molecule has 12 heavy (non-hydrogen) atoms. The molecule has 0 unspecified atom stereocenters. The van der Waals surface area contributed by atoms with Gasteiger partial charge < -0.3 is 5.21 Å². The number of carbonyl (C=O) groups excluding carboxylic acids is 1. The van der Waals surface area contributed by atoms with Crippen LogP contribution in [0.15, 0.2) is 5.16 Å². The maximum Gasteiger partial charge on any atom is 0.184 e. The minimum Gasteiger partial charge on any atom is -0.411 e. The van der Waals surface area contributed by atoms with Crippen molar-refractivity contribution in [3.05, 3.63) is 0 Å². The Hall–Kier alpha value is -0.900. The van der Waals surface area contributed by atoms with Gasteiger partial charge in [0.1, 0.15) is 5.71 Å². The number of Topliss-reactive ketones (excluding diaryl/α,β-unsaturated/α-hetero) is 1. The molecule has 3 saturated heterocycles. The van der Waals surface area contributed by atoms with Crippen molar-refractivity contribution in [3.63, 3.8) is 0 Å². The maximum atomic E-state index is 11.5. The molecule has 4 nitrogen and oxygen atoms in total. The van der Waals surface area contributed by atoms with E-state index in [9.17, 15) is 4.79 Å². The second-order valence-electron chi connectivity index (χ2n) is 3.46. The maximum absolute atomic E-state index is 11.5. The first-order chi connectivity index (χ1) is 5.81. The van der Waals surface area contributed by atoms with Crippen molar-refractivity contribution in [1.82, 2.24) is 4.90 Å². The quantitative estimate of drug-likeness (QED) is 0.412. The normalized spacial score (nSPS) is 38.7. The van der Waals surface area contributed by atoms with Gasteiger partial charge in [-0.05, 0) is 25.9 Å². The van der Waals surface area contributed by atoms with E-state index in [0.717, 1.165) is 25.9 Å². The average Bonchev–Trinajstić information content (AvgIpc) is 2.36. The third-order valence-corrected chi connectivity index (χ3v) is 2.74. The molecule has 4 heteroatoms. The van der Waals surface area contributed by atoms with E-state index in [4.69, 9.17) is 5.21 Å². The van der Waals surface area contributed by atoms with E-state index >= 15 is 0 Å². The van der Waals surface area contributed by atoms with E-state index in [0.29, 0.717) is 12.3 Å². The van der Waals surface area contributed by atoms with Gasteiger partial charge in [0.05, 0.1) is 0 Å². The molecule has 0 spiro atoms. The van der Waals surface area contributed by atoms with E-state index in [-0.39, 0.29) is 11.7 Å². The number of carbonyl (C=O) groups is 1. The van der Waals surface area contributed by atoms with Crippen LogP contribution in [-0.4, -0.2) is 41.2 Å². The molecule has 0 radical (unpaired) electrons. The minimum absolute atomic E-state index is 0.0532. The zero-order valence-electron chi connectivity index (χ0n) is 6.86. The van der Waals surface area contributed by atoms with Crippen molar-refractivity contribution in [2.45, 2.75) is 12.8 Å². The van der Waals surface area contributed by atoms with Crippen LogP contribution in [0.5, 0.6) is 0 Å². The molecular weight excluding hydrogens is 156 g/mol. The van der Waals surface area contributed by atoms with E-state index in [2.05, 4.69) is 10.1 Å². The Bertz CT molecular complexity index is 229. The molecule has 3 fully saturated rings. The van der Waals surface area contributed by atoms with Crippen molar-refractivity contribution in [1.29, 1.82) is 0 Å². The first-order valence-corrected chi connectivity index (χ1v) is 4.29. The lowest BCUT2D eigenvalue weighted by Gasteiger charge is -2.24. The molecular formula is C8H12N2O2. The Balaban J connectivity index is 2.27. The second-order valence-corrected chi connectivity index (χ2v) is 3.46. The van der Waals surface area contributed by atoms with Crippen LogP contribution in [0.2, 0.25) is 0 Å². The van der Waals surface area contributed by atoms with Crippen LogP contribution in [0.4, 0.5) is 0 Å². The Kier molecular flexibility index (Phi) is 1.84. The van der Waals surface area contributed by atoms with E-state index in [1.807, 2.05) is 0 Å². The number of hydrogen-bond donors (Lipinski definition) is 1. The van der Waals surface area contributed by atoms with Gasteiger partial charge in [-0.2, -0.15) is 0 Å². The molecule has 0 aromatic rings. The van der Waals surface area contributed by atoms with Crippen LogP contribution in [0.1, 0.15) is 12.8 Å². The van der Waals surface area contributed by atoms with Crippen molar-refractivity contribution >= 4 is 11.5 Å². The zero-order chi connectivity index (χ0) is 8.55. The lowest BCUT2D eigenvalue weighted by molar-refractivity contribution is -0.117. The first-order valence-electron chi connectivity index (χ1n) is 4.29. The fourth-order valence-corrected chi connectivity index (χ4v) is 1.96. The lowest BCUT2D eigenvalue weighted by Crippen LogP contribution is -2.31.